The number of hydrogen-bond donors (Lipinski definition) is 1. The second-order valence-electron chi connectivity index (χ2n) is 5.93. The zero-order chi connectivity index (χ0) is 16.9. The number of hydrogen-bond acceptors (Lipinski definition) is 4. The zero-order valence-electron chi connectivity index (χ0n) is 14.2. The van der Waals surface area contributed by atoms with Crippen molar-refractivity contribution in [2.24, 2.45) is 0 Å². The SMILES string of the molecule is CSc1ccc(C2=CN(C)Cc3cc(OCCCO)ccc32)cc1. The van der Waals surface area contributed by atoms with Crippen LogP contribution in [0.2, 0.25) is 0 Å². The lowest BCUT2D eigenvalue weighted by Gasteiger charge is -2.26. The molecule has 0 aromatic heterocycles. The smallest absolute Gasteiger partial charge is 0.119 e. The van der Waals surface area contributed by atoms with Crippen LogP contribution in [0, 0.1) is 0 Å². The fourth-order valence-corrected chi connectivity index (χ4v) is 3.32. The zero-order valence-corrected chi connectivity index (χ0v) is 15.0. The topological polar surface area (TPSA) is 32.7 Å². The Morgan fingerprint density at radius 1 is 1.17 bits per heavy atom. The van der Waals surface area contributed by atoms with E-state index in [9.17, 15) is 0 Å². The molecule has 1 aliphatic rings. The van der Waals surface area contributed by atoms with Crippen molar-refractivity contribution in [3.63, 3.8) is 0 Å². The minimum Gasteiger partial charge on any atom is -0.493 e. The van der Waals surface area contributed by atoms with Crippen LogP contribution in [0.4, 0.5) is 0 Å². The Balaban J connectivity index is 1.89. The normalized spacial score (nSPS) is 13.5. The van der Waals surface area contributed by atoms with Crippen LogP contribution in [0.5, 0.6) is 5.75 Å². The average molecular weight is 341 g/mol. The Labute approximate surface area is 148 Å². The molecule has 0 aliphatic carbocycles. The molecular formula is C20H23NO2S. The lowest BCUT2D eigenvalue weighted by atomic mass is 9.92. The Bertz CT molecular complexity index is 725. The molecule has 0 radical (unpaired) electrons. The van der Waals surface area contributed by atoms with Crippen molar-refractivity contribution >= 4 is 17.3 Å². The van der Waals surface area contributed by atoms with Gasteiger partial charge in [-0.25, -0.2) is 0 Å². The first kappa shape index (κ1) is 16.9. The summed E-state index contributed by atoms with van der Waals surface area (Å²) < 4.78 is 5.72. The molecular weight excluding hydrogens is 318 g/mol. The van der Waals surface area contributed by atoms with Crippen LogP contribution in [0.15, 0.2) is 53.6 Å². The monoisotopic (exact) mass is 341 g/mol. The third-order valence-electron chi connectivity index (χ3n) is 4.11. The number of aliphatic hydroxyl groups excluding tert-OH is 1. The number of fused-ring (bicyclic) bond motifs is 1. The minimum absolute atomic E-state index is 0.159. The van der Waals surface area contributed by atoms with E-state index in [0.29, 0.717) is 13.0 Å². The van der Waals surface area contributed by atoms with Crippen molar-refractivity contribution in [2.45, 2.75) is 17.9 Å². The van der Waals surface area contributed by atoms with Gasteiger partial charge in [0.2, 0.25) is 0 Å². The van der Waals surface area contributed by atoms with Crippen LogP contribution in [0.1, 0.15) is 23.1 Å². The summed E-state index contributed by atoms with van der Waals surface area (Å²) in [7, 11) is 2.10. The van der Waals surface area contributed by atoms with Crippen molar-refractivity contribution in [3.8, 4) is 5.75 Å². The van der Waals surface area contributed by atoms with Crippen molar-refractivity contribution < 1.29 is 9.84 Å². The Morgan fingerprint density at radius 2 is 1.96 bits per heavy atom. The first-order valence-corrected chi connectivity index (χ1v) is 9.37. The Hall–Kier alpha value is -1.91. The third-order valence-corrected chi connectivity index (χ3v) is 4.85. The fourth-order valence-electron chi connectivity index (χ4n) is 2.91. The van der Waals surface area contributed by atoms with Gasteiger partial charge in [0.1, 0.15) is 5.75 Å². The summed E-state index contributed by atoms with van der Waals surface area (Å²) in [6.07, 6.45) is 4.96. The molecule has 0 unspecified atom stereocenters. The van der Waals surface area contributed by atoms with Crippen molar-refractivity contribution in [2.75, 3.05) is 26.5 Å². The molecule has 2 aromatic carbocycles. The highest BCUT2D eigenvalue weighted by molar-refractivity contribution is 7.98. The molecule has 1 aliphatic heterocycles. The maximum absolute atomic E-state index is 8.87. The van der Waals surface area contributed by atoms with Crippen molar-refractivity contribution in [3.05, 3.63) is 65.4 Å². The summed E-state index contributed by atoms with van der Waals surface area (Å²) in [5.74, 6) is 0.870. The van der Waals surface area contributed by atoms with Crippen LogP contribution >= 0.6 is 11.8 Å². The lowest BCUT2D eigenvalue weighted by molar-refractivity contribution is 0.233. The third kappa shape index (κ3) is 3.77. The number of ether oxygens (including phenoxy) is 1. The minimum atomic E-state index is 0.159. The Morgan fingerprint density at radius 3 is 2.67 bits per heavy atom. The molecule has 0 atom stereocenters. The molecule has 0 saturated heterocycles. The van der Waals surface area contributed by atoms with Gasteiger partial charge in [-0.2, -0.15) is 0 Å². The summed E-state index contributed by atoms with van der Waals surface area (Å²) in [6.45, 7) is 1.58. The molecule has 1 N–H and O–H groups in total. The van der Waals surface area contributed by atoms with Crippen LogP contribution in [0.3, 0.4) is 0 Å². The highest BCUT2D eigenvalue weighted by Crippen LogP contribution is 2.34. The molecule has 3 rings (SSSR count). The van der Waals surface area contributed by atoms with Crippen molar-refractivity contribution in [1.82, 2.24) is 4.90 Å². The predicted molar refractivity (Wildman–Crippen MR) is 100 cm³/mol. The van der Waals surface area contributed by atoms with Gasteiger partial charge in [0.05, 0.1) is 6.61 Å². The van der Waals surface area contributed by atoms with E-state index in [2.05, 4.69) is 60.8 Å². The summed E-state index contributed by atoms with van der Waals surface area (Å²) in [6, 6.07) is 15.0. The molecule has 0 bridgehead atoms. The molecule has 2 aromatic rings. The fraction of sp³-hybridized carbons (Fsp3) is 0.300. The molecule has 24 heavy (non-hydrogen) atoms. The summed E-state index contributed by atoms with van der Waals surface area (Å²) in [4.78, 5) is 3.48. The van der Waals surface area contributed by atoms with Crippen molar-refractivity contribution in [1.29, 1.82) is 0 Å². The van der Waals surface area contributed by atoms with Gasteiger partial charge in [0, 0.05) is 43.3 Å². The number of aliphatic hydroxyl groups is 1. The Kier molecular flexibility index (Phi) is 5.48. The summed E-state index contributed by atoms with van der Waals surface area (Å²) >= 11 is 1.76. The van der Waals surface area contributed by atoms with Gasteiger partial charge in [0.25, 0.3) is 0 Å². The number of benzene rings is 2. The number of thioether (sulfide) groups is 1. The quantitative estimate of drug-likeness (QED) is 0.636. The largest absolute Gasteiger partial charge is 0.493 e. The molecule has 4 heteroatoms. The second kappa shape index (κ2) is 7.77. The highest BCUT2D eigenvalue weighted by atomic mass is 32.2. The maximum atomic E-state index is 8.87. The molecule has 0 spiro atoms. The molecule has 0 fully saturated rings. The van der Waals surface area contributed by atoms with E-state index in [1.807, 2.05) is 6.07 Å². The summed E-state index contributed by atoms with van der Waals surface area (Å²) in [5.41, 5.74) is 5.01. The summed E-state index contributed by atoms with van der Waals surface area (Å²) in [5, 5.41) is 8.87. The van der Waals surface area contributed by atoms with Gasteiger partial charge in [-0.3, -0.25) is 0 Å². The average Bonchev–Trinajstić information content (AvgIpc) is 2.61. The van der Waals surface area contributed by atoms with Gasteiger partial charge in [-0.1, -0.05) is 18.2 Å². The van der Waals surface area contributed by atoms with Gasteiger partial charge in [0.15, 0.2) is 0 Å². The van der Waals surface area contributed by atoms with Crippen LogP contribution in [0.25, 0.3) is 5.57 Å². The standard InChI is InChI=1S/C20H23NO2S/c1-21-13-16-12-17(23-11-3-10-22)6-9-19(16)20(14-21)15-4-7-18(24-2)8-5-15/h4-9,12,14,22H,3,10-11,13H2,1-2H3. The maximum Gasteiger partial charge on any atom is 0.119 e. The van der Waals surface area contributed by atoms with Gasteiger partial charge in [-0.05, 0) is 47.2 Å². The van der Waals surface area contributed by atoms with E-state index in [4.69, 9.17) is 9.84 Å². The van der Waals surface area contributed by atoms with Crippen LogP contribution in [-0.2, 0) is 6.54 Å². The van der Waals surface area contributed by atoms with Crippen LogP contribution < -0.4 is 4.74 Å². The van der Waals surface area contributed by atoms with Gasteiger partial charge >= 0.3 is 0 Å². The molecule has 3 nitrogen and oxygen atoms in total. The first-order valence-electron chi connectivity index (χ1n) is 8.14. The van der Waals surface area contributed by atoms with E-state index in [0.717, 1.165) is 12.3 Å². The molecule has 0 amide bonds. The molecule has 0 saturated carbocycles. The van der Waals surface area contributed by atoms with Gasteiger partial charge < -0.3 is 14.7 Å². The van der Waals surface area contributed by atoms with Gasteiger partial charge in [-0.15, -0.1) is 11.8 Å². The van der Waals surface area contributed by atoms with Crippen LogP contribution in [-0.4, -0.2) is 36.5 Å². The van der Waals surface area contributed by atoms with E-state index in [1.165, 1.54) is 27.2 Å². The lowest BCUT2D eigenvalue weighted by Crippen LogP contribution is -2.17. The van der Waals surface area contributed by atoms with E-state index >= 15 is 0 Å². The second-order valence-corrected chi connectivity index (χ2v) is 6.81. The predicted octanol–water partition coefficient (Wildman–Crippen LogP) is 4.00. The molecule has 1 heterocycles. The highest BCUT2D eigenvalue weighted by Gasteiger charge is 2.17. The number of rotatable bonds is 6. The first-order chi connectivity index (χ1) is 11.7. The molecule has 126 valence electrons. The number of nitrogens with zero attached hydrogens (tertiary/aromatic N) is 1. The van der Waals surface area contributed by atoms with E-state index in [-0.39, 0.29) is 6.61 Å². The van der Waals surface area contributed by atoms with E-state index < -0.39 is 0 Å². The van der Waals surface area contributed by atoms with E-state index in [1.54, 1.807) is 11.8 Å².